The Morgan fingerprint density at radius 2 is 1.10 bits per heavy atom. The van der Waals surface area contributed by atoms with E-state index >= 15 is 0 Å². The van der Waals surface area contributed by atoms with Gasteiger partial charge in [0.25, 0.3) is 0 Å². The van der Waals surface area contributed by atoms with Crippen molar-refractivity contribution in [2.24, 2.45) is 5.92 Å². The minimum Gasteiger partial charge on any atom is -0.496 e. The van der Waals surface area contributed by atoms with Crippen LogP contribution >= 0.6 is 0 Å². The van der Waals surface area contributed by atoms with Crippen molar-refractivity contribution in [3.63, 3.8) is 0 Å². The second-order valence-electron chi connectivity index (χ2n) is 8.60. The van der Waals surface area contributed by atoms with Crippen molar-refractivity contribution in [1.29, 1.82) is 0 Å². The zero-order chi connectivity index (χ0) is 21.3. The molecule has 4 aliphatic rings. The summed E-state index contributed by atoms with van der Waals surface area (Å²) < 4.78 is 17.3. The predicted molar refractivity (Wildman–Crippen MR) is 117 cm³/mol. The van der Waals surface area contributed by atoms with Crippen LogP contribution in [0.4, 0.5) is 0 Å². The molecule has 0 aliphatic heterocycles. The SMILES string of the molecule is COC(=O)C1Cc2c(c(OC)c3c(c2OC)C2c4ccccc4C3c3ccccc32)C1. The summed E-state index contributed by atoms with van der Waals surface area (Å²) in [4.78, 5) is 12.4. The molecule has 0 amide bonds. The van der Waals surface area contributed by atoms with Crippen molar-refractivity contribution in [2.75, 3.05) is 21.3 Å². The van der Waals surface area contributed by atoms with Crippen LogP contribution in [0.1, 0.15) is 56.3 Å². The van der Waals surface area contributed by atoms with Gasteiger partial charge in [0.05, 0.1) is 27.2 Å². The van der Waals surface area contributed by atoms with Crippen molar-refractivity contribution >= 4 is 5.97 Å². The Morgan fingerprint density at radius 3 is 1.42 bits per heavy atom. The molecule has 0 N–H and O–H groups in total. The Labute approximate surface area is 181 Å². The van der Waals surface area contributed by atoms with Crippen LogP contribution < -0.4 is 9.47 Å². The third-order valence-electron chi connectivity index (χ3n) is 7.35. The van der Waals surface area contributed by atoms with E-state index in [1.165, 1.54) is 40.5 Å². The van der Waals surface area contributed by atoms with Gasteiger partial charge >= 0.3 is 5.97 Å². The van der Waals surface area contributed by atoms with Gasteiger partial charge in [-0.3, -0.25) is 4.79 Å². The number of hydrogen-bond donors (Lipinski definition) is 0. The molecule has 3 aromatic rings. The first kappa shape index (κ1) is 18.5. The number of benzene rings is 3. The molecule has 3 aromatic carbocycles. The average Bonchev–Trinajstić information content (AvgIpc) is 3.26. The summed E-state index contributed by atoms with van der Waals surface area (Å²) in [5.41, 5.74) is 9.93. The molecule has 156 valence electrons. The molecule has 2 bridgehead atoms. The highest BCUT2D eigenvalue weighted by molar-refractivity contribution is 5.80. The molecule has 0 heterocycles. The van der Waals surface area contributed by atoms with Gasteiger partial charge in [-0.2, -0.15) is 0 Å². The third kappa shape index (κ3) is 2.28. The molecule has 4 aliphatic carbocycles. The summed E-state index contributed by atoms with van der Waals surface area (Å²) >= 11 is 0. The Hall–Kier alpha value is -3.27. The highest BCUT2D eigenvalue weighted by atomic mass is 16.5. The molecule has 31 heavy (non-hydrogen) atoms. The molecule has 0 unspecified atom stereocenters. The van der Waals surface area contributed by atoms with E-state index in [4.69, 9.17) is 14.2 Å². The number of methoxy groups -OCH3 is 3. The van der Waals surface area contributed by atoms with E-state index in [1.807, 2.05) is 0 Å². The van der Waals surface area contributed by atoms with Crippen LogP contribution in [0.3, 0.4) is 0 Å². The molecule has 0 atom stereocenters. The van der Waals surface area contributed by atoms with Crippen LogP contribution in [0.2, 0.25) is 0 Å². The van der Waals surface area contributed by atoms with Gasteiger partial charge in [0.1, 0.15) is 11.5 Å². The molecule has 0 aromatic heterocycles. The van der Waals surface area contributed by atoms with Gasteiger partial charge < -0.3 is 14.2 Å². The number of rotatable bonds is 3. The van der Waals surface area contributed by atoms with Gasteiger partial charge in [0.15, 0.2) is 0 Å². The maximum Gasteiger partial charge on any atom is 0.309 e. The molecule has 0 saturated carbocycles. The fourth-order valence-electron chi connectivity index (χ4n) is 6.24. The summed E-state index contributed by atoms with van der Waals surface area (Å²) in [7, 11) is 4.94. The second-order valence-corrected chi connectivity index (χ2v) is 8.60. The Morgan fingerprint density at radius 1 is 0.710 bits per heavy atom. The number of ether oxygens (including phenoxy) is 3. The number of carbonyl (C=O) groups excluding carboxylic acids is 1. The van der Waals surface area contributed by atoms with Gasteiger partial charge in [-0.15, -0.1) is 0 Å². The fraction of sp³-hybridized carbons (Fsp3) is 0.296. The molecule has 4 heteroatoms. The zero-order valence-electron chi connectivity index (χ0n) is 17.9. The lowest BCUT2D eigenvalue weighted by Gasteiger charge is -2.44. The monoisotopic (exact) mass is 412 g/mol. The van der Waals surface area contributed by atoms with E-state index in [9.17, 15) is 4.79 Å². The first-order chi connectivity index (χ1) is 15.2. The number of fused-ring (bicyclic) bond motifs is 1. The lowest BCUT2D eigenvalue weighted by Crippen LogP contribution is -2.29. The van der Waals surface area contributed by atoms with E-state index in [1.54, 1.807) is 14.2 Å². The van der Waals surface area contributed by atoms with Crippen molar-refractivity contribution in [1.82, 2.24) is 0 Å². The minimum absolute atomic E-state index is 0.0960. The highest BCUT2D eigenvalue weighted by Gasteiger charge is 2.47. The number of carbonyl (C=O) groups is 1. The summed E-state index contributed by atoms with van der Waals surface area (Å²) in [6, 6.07) is 17.4. The molecule has 0 fully saturated rings. The summed E-state index contributed by atoms with van der Waals surface area (Å²) in [5.74, 6) is 1.65. The van der Waals surface area contributed by atoms with Gasteiger partial charge in [0, 0.05) is 34.1 Å². The molecule has 4 nitrogen and oxygen atoms in total. The first-order valence-corrected chi connectivity index (χ1v) is 10.7. The van der Waals surface area contributed by atoms with E-state index in [-0.39, 0.29) is 23.7 Å². The van der Waals surface area contributed by atoms with Crippen LogP contribution in [0.5, 0.6) is 11.5 Å². The van der Waals surface area contributed by atoms with Crippen LogP contribution in [0.15, 0.2) is 48.5 Å². The first-order valence-electron chi connectivity index (χ1n) is 10.7. The van der Waals surface area contributed by atoms with Crippen molar-refractivity contribution in [2.45, 2.75) is 24.7 Å². The maximum absolute atomic E-state index is 12.4. The normalized spacial score (nSPS) is 21.6. The summed E-state index contributed by atoms with van der Waals surface area (Å²) in [6.45, 7) is 0. The molecular formula is C27H24O4. The van der Waals surface area contributed by atoms with Crippen molar-refractivity contribution in [3.05, 3.63) is 93.0 Å². The second kappa shape index (κ2) is 6.61. The van der Waals surface area contributed by atoms with Crippen LogP contribution in [-0.4, -0.2) is 27.3 Å². The molecule has 0 spiro atoms. The third-order valence-corrected chi connectivity index (χ3v) is 7.35. The summed E-state index contributed by atoms with van der Waals surface area (Å²) in [5, 5.41) is 0. The van der Waals surface area contributed by atoms with Crippen molar-refractivity contribution < 1.29 is 19.0 Å². The van der Waals surface area contributed by atoms with Gasteiger partial charge in [-0.25, -0.2) is 0 Å². The maximum atomic E-state index is 12.4. The van der Waals surface area contributed by atoms with E-state index in [2.05, 4.69) is 48.5 Å². The summed E-state index contributed by atoms with van der Waals surface area (Å²) in [6.07, 6.45) is 1.24. The van der Waals surface area contributed by atoms with E-state index < -0.39 is 0 Å². The van der Waals surface area contributed by atoms with Gasteiger partial charge in [0.2, 0.25) is 0 Å². The smallest absolute Gasteiger partial charge is 0.309 e. The van der Waals surface area contributed by atoms with Crippen molar-refractivity contribution in [3.8, 4) is 11.5 Å². The van der Waals surface area contributed by atoms with Gasteiger partial charge in [-0.1, -0.05) is 48.5 Å². The van der Waals surface area contributed by atoms with E-state index in [0.29, 0.717) is 12.8 Å². The number of hydrogen-bond acceptors (Lipinski definition) is 4. The molecule has 0 saturated heterocycles. The Balaban J connectivity index is 1.69. The van der Waals surface area contributed by atoms with Crippen LogP contribution in [-0.2, 0) is 22.4 Å². The Kier molecular flexibility index (Phi) is 3.95. The fourth-order valence-corrected chi connectivity index (χ4v) is 6.24. The van der Waals surface area contributed by atoms with Gasteiger partial charge in [-0.05, 0) is 35.1 Å². The lowest BCUT2D eigenvalue weighted by molar-refractivity contribution is -0.145. The molecule has 0 radical (unpaired) electrons. The standard InChI is InChI=1S/C27H24O4/c1-29-25-19-12-14(27(28)31-3)13-20(19)26(30-2)24-22-17-10-6-4-8-15(17)21(23(24)25)16-9-5-7-11-18(16)22/h4-11,14,21-22H,12-13H2,1-3H3. The topological polar surface area (TPSA) is 44.8 Å². The lowest BCUT2D eigenvalue weighted by atomic mass is 9.60. The minimum atomic E-state index is -0.200. The zero-order valence-corrected chi connectivity index (χ0v) is 17.9. The number of esters is 1. The average molecular weight is 412 g/mol. The molecular weight excluding hydrogens is 388 g/mol. The highest BCUT2D eigenvalue weighted by Crippen LogP contribution is 2.62. The predicted octanol–water partition coefficient (Wildman–Crippen LogP) is 4.58. The van der Waals surface area contributed by atoms with Crippen LogP contribution in [0, 0.1) is 5.92 Å². The van der Waals surface area contributed by atoms with Crippen LogP contribution in [0.25, 0.3) is 0 Å². The molecule has 7 rings (SSSR count). The largest absolute Gasteiger partial charge is 0.496 e. The Bertz CT molecular complexity index is 1110. The quantitative estimate of drug-likeness (QED) is 0.407. The van der Waals surface area contributed by atoms with E-state index in [0.717, 1.165) is 22.6 Å².